The first kappa shape index (κ1) is 10.0. The van der Waals surface area contributed by atoms with E-state index in [2.05, 4.69) is 5.10 Å². The zero-order chi connectivity index (χ0) is 10.8. The van der Waals surface area contributed by atoms with Gasteiger partial charge in [-0.05, 0) is 18.2 Å². The van der Waals surface area contributed by atoms with E-state index >= 15 is 0 Å². The molecule has 0 fully saturated rings. The lowest BCUT2D eigenvalue weighted by atomic mass is 10.3. The van der Waals surface area contributed by atoms with Crippen molar-refractivity contribution in [1.29, 1.82) is 0 Å². The predicted molar refractivity (Wildman–Crippen MR) is 57.3 cm³/mol. The number of aromatic nitrogens is 2. The minimum Gasteiger partial charge on any atom is -0.390 e. The van der Waals surface area contributed by atoms with Gasteiger partial charge in [-0.2, -0.15) is 0 Å². The van der Waals surface area contributed by atoms with Crippen molar-refractivity contribution in [3.05, 3.63) is 51.4 Å². The number of aliphatic hydroxyl groups excluding tert-OH is 1. The lowest BCUT2D eigenvalue weighted by Crippen LogP contribution is -2.05. The number of aromatic amines is 1. The van der Waals surface area contributed by atoms with Crippen LogP contribution in [0.2, 0.25) is 5.02 Å². The maximum absolute atomic E-state index is 11.1. The summed E-state index contributed by atoms with van der Waals surface area (Å²) in [5, 5.41) is 12.2. The predicted octanol–water partition coefficient (Wildman–Crippen LogP) is 1.31. The Morgan fingerprint density at radius 2 is 2.20 bits per heavy atom. The van der Waals surface area contributed by atoms with Crippen molar-refractivity contribution >= 4 is 11.6 Å². The topological polar surface area (TPSA) is 58.0 Å². The number of nitrogens with one attached hydrogen (secondary N) is 1. The molecule has 78 valence electrons. The van der Waals surface area contributed by atoms with Crippen LogP contribution in [0, 0.1) is 0 Å². The molecule has 1 aromatic heterocycles. The molecule has 0 spiro atoms. The lowest BCUT2D eigenvalue weighted by molar-refractivity contribution is 0.273. The van der Waals surface area contributed by atoms with Crippen LogP contribution in [0.25, 0.3) is 5.69 Å². The fourth-order valence-corrected chi connectivity index (χ4v) is 1.58. The SMILES string of the molecule is O=c1cc(CO)n(-c2cccc(Cl)c2)[nH]1. The third-order valence-corrected chi connectivity index (χ3v) is 2.27. The van der Waals surface area contributed by atoms with Gasteiger partial charge in [0, 0.05) is 11.1 Å². The van der Waals surface area contributed by atoms with E-state index in [1.165, 1.54) is 10.7 Å². The molecular formula is C10H9ClN2O2. The summed E-state index contributed by atoms with van der Waals surface area (Å²) in [4.78, 5) is 11.1. The molecule has 0 unspecified atom stereocenters. The zero-order valence-electron chi connectivity index (χ0n) is 7.77. The van der Waals surface area contributed by atoms with Crippen molar-refractivity contribution in [1.82, 2.24) is 9.78 Å². The summed E-state index contributed by atoms with van der Waals surface area (Å²) in [6.07, 6.45) is 0. The highest BCUT2D eigenvalue weighted by Gasteiger charge is 2.05. The van der Waals surface area contributed by atoms with E-state index in [1.807, 2.05) is 0 Å². The van der Waals surface area contributed by atoms with Gasteiger partial charge in [0.2, 0.25) is 0 Å². The summed E-state index contributed by atoms with van der Waals surface area (Å²) in [6, 6.07) is 8.36. The molecule has 0 radical (unpaired) electrons. The normalized spacial score (nSPS) is 10.5. The Kier molecular flexibility index (Phi) is 2.62. The fraction of sp³-hybridized carbons (Fsp3) is 0.100. The van der Waals surface area contributed by atoms with E-state index in [1.54, 1.807) is 24.3 Å². The van der Waals surface area contributed by atoms with E-state index in [4.69, 9.17) is 16.7 Å². The number of nitrogens with zero attached hydrogens (tertiary/aromatic N) is 1. The van der Waals surface area contributed by atoms with E-state index in [0.29, 0.717) is 16.4 Å². The minimum atomic E-state index is -0.251. The Balaban J connectivity index is 2.57. The second kappa shape index (κ2) is 3.92. The Hall–Kier alpha value is -1.52. The Labute approximate surface area is 90.7 Å². The summed E-state index contributed by atoms with van der Waals surface area (Å²) >= 11 is 5.83. The van der Waals surface area contributed by atoms with E-state index in [0.717, 1.165) is 0 Å². The first-order valence-corrected chi connectivity index (χ1v) is 4.76. The van der Waals surface area contributed by atoms with Crippen LogP contribution in [-0.4, -0.2) is 14.9 Å². The van der Waals surface area contributed by atoms with Gasteiger partial charge in [-0.15, -0.1) is 0 Å². The fourth-order valence-electron chi connectivity index (χ4n) is 1.39. The number of halogens is 1. The van der Waals surface area contributed by atoms with Gasteiger partial charge in [-0.3, -0.25) is 14.6 Å². The molecule has 5 heteroatoms. The van der Waals surface area contributed by atoms with Crippen LogP contribution in [-0.2, 0) is 6.61 Å². The van der Waals surface area contributed by atoms with Gasteiger partial charge in [0.05, 0.1) is 18.0 Å². The van der Waals surface area contributed by atoms with Gasteiger partial charge in [-0.1, -0.05) is 17.7 Å². The highest BCUT2D eigenvalue weighted by molar-refractivity contribution is 6.30. The molecular weight excluding hydrogens is 216 g/mol. The molecule has 4 nitrogen and oxygen atoms in total. The molecule has 0 aliphatic rings. The summed E-state index contributed by atoms with van der Waals surface area (Å²) in [6.45, 7) is -0.203. The second-order valence-corrected chi connectivity index (χ2v) is 3.52. The number of hydrogen-bond donors (Lipinski definition) is 2. The summed E-state index contributed by atoms with van der Waals surface area (Å²) < 4.78 is 1.51. The molecule has 2 rings (SSSR count). The first-order valence-electron chi connectivity index (χ1n) is 4.38. The van der Waals surface area contributed by atoms with E-state index in [-0.39, 0.29) is 12.2 Å². The largest absolute Gasteiger partial charge is 0.390 e. The van der Waals surface area contributed by atoms with Gasteiger partial charge < -0.3 is 5.11 Å². The third kappa shape index (κ3) is 1.95. The molecule has 0 amide bonds. The number of rotatable bonds is 2. The van der Waals surface area contributed by atoms with Gasteiger partial charge >= 0.3 is 0 Å². The highest BCUT2D eigenvalue weighted by Crippen LogP contribution is 2.14. The molecule has 0 aliphatic heterocycles. The van der Waals surface area contributed by atoms with Crippen LogP contribution in [0.1, 0.15) is 5.69 Å². The van der Waals surface area contributed by atoms with Crippen LogP contribution in [0.15, 0.2) is 35.1 Å². The average Bonchev–Trinajstić information content (AvgIpc) is 2.59. The monoisotopic (exact) mass is 224 g/mol. The summed E-state index contributed by atoms with van der Waals surface area (Å²) in [5.41, 5.74) is 0.968. The standard InChI is InChI=1S/C10H9ClN2O2/c11-7-2-1-3-8(4-7)13-9(6-14)5-10(15)12-13/h1-5,14H,6H2,(H,12,15). The van der Waals surface area contributed by atoms with Crippen molar-refractivity contribution < 1.29 is 5.11 Å². The number of H-pyrrole nitrogens is 1. The third-order valence-electron chi connectivity index (χ3n) is 2.04. The first-order chi connectivity index (χ1) is 7.20. The summed E-state index contributed by atoms with van der Waals surface area (Å²) in [7, 11) is 0. The molecule has 0 saturated heterocycles. The molecule has 1 aromatic carbocycles. The number of aliphatic hydroxyl groups is 1. The maximum Gasteiger partial charge on any atom is 0.264 e. The molecule has 15 heavy (non-hydrogen) atoms. The maximum atomic E-state index is 11.1. The zero-order valence-corrected chi connectivity index (χ0v) is 8.53. The van der Waals surface area contributed by atoms with Crippen molar-refractivity contribution in [2.75, 3.05) is 0 Å². The molecule has 0 atom stereocenters. The lowest BCUT2D eigenvalue weighted by Gasteiger charge is -2.06. The van der Waals surface area contributed by atoms with Gasteiger partial charge in [0.15, 0.2) is 0 Å². The van der Waals surface area contributed by atoms with Crippen LogP contribution in [0.3, 0.4) is 0 Å². The van der Waals surface area contributed by atoms with Crippen LogP contribution in [0.4, 0.5) is 0 Å². The molecule has 0 saturated carbocycles. The van der Waals surface area contributed by atoms with Crippen molar-refractivity contribution in [2.45, 2.75) is 6.61 Å². The van der Waals surface area contributed by atoms with Crippen LogP contribution >= 0.6 is 11.6 Å². The minimum absolute atomic E-state index is 0.203. The highest BCUT2D eigenvalue weighted by atomic mass is 35.5. The number of benzene rings is 1. The Bertz CT molecular complexity index is 530. The number of hydrogen-bond acceptors (Lipinski definition) is 2. The van der Waals surface area contributed by atoms with Crippen LogP contribution in [0.5, 0.6) is 0 Å². The van der Waals surface area contributed by atoms with Gasteiger partial charge in [0.25, 0.3) is 5.56 Å². The molecule has 2 N–H and O–H groups in total. The van der Waals surface area contributed by atoms with Gasteiger partial charge in [-0.25, -0.2) is 0 Å². The van der Waals surface area contributed by atoms with Crippen molar-refractivity contribution in [3.8, 4) is 5.69 Å². The van der Waals surface area contributed by atoms with E-state index in [9.17, 15) is 4.79 Å². The molecule has 0 aliphatic carbocycles. The summed E-state index contributed by atoms with van der Waals surface area (Å²) in [5.74, 6) is 0. The Morgan fingerprint density at radius 3 is 2.87 bits per heavy atom. The van der Waals surface area contributed by atoms with Crippen molar-refractivity contribution in [2.24, 2.45) is 0 Å². The smallest absolute Gasteiger partial charge is 0.264 e. The molecule has 2 aromatic rings. The average molecular weight is 225 g/mol. The Morgan fingerprint density at radius 1 is 1.40 bits per heavy atom. The molecule has 0 bridgehead atoms. The van der Waals surface area contributed by atoms with Gasteiger partial charge in [0.1, 0.15) is 0 Å². The van der Waals surface area contributed by atoms with Crippen LogP contribution < -0.4 is 5.56 Å². The van der Waals surface area contributed by atoms with E-state index < -0.39 is 0 Å². The second-order valence-electron chi connectivity index (χ2n) is 3.09. The quantitative estimate of drug-likeness (QED) is 0.808. The van der Waals surface area contributed by atoms with Crippen molar-refractivity contribution in [3.63, 3.8) is 0 Å². The molecule has 1 heterocycles.